The Morgan fingerprint density at radius 2 is 2.26 bits per heavy atom. The Kier molecular flexibility index (Phi) is 4.49. The van der Waals surface area contributed by atoms with Crippen molar-refractivity contribution in [2.75, 3.05) is 0 Å². The Morgan fingerprint density at radius 3 is 2.89 bits per heavy atom. The highest BCUT2D eigenvalue weighted by Crippen LogP contribution is 2.29. The first-order valence-electron chi connectivity index (χ1n) is 6.04. The summed E-state index contributed by atoms with van der Waals surface area (Å²) < 4.78 is 14.9. The maximum absolute atomic E-state index is 13.4. The van der Waals surface area contributed by atoms with Gasteiger partial charge in [0.1, 0.15) is 5.82 Å². The number of tetrazole rings is 1. The molecule has 2 rings (SSSR count). The van der Waals surface area contributed by atoms with Crippen LogP contribution in [0.15, 0.2) is 28.3 Å². The average Bonchev–Trinajstić information content (AvgIpc) is 2.78. The lowest BCUT2D eigenvalue weighted by atomic mass is 10.0. The van der Waals surface area contributed by atoms with Crippen molar-refractivity contribution in [2.24, 2.45) is 12.8 Å². The van der Waals surface area contributed by atoms with Gasteiger partial charge in [-0.2, -0.15) is 0 Å². The van der Waals surface area contributed by atoms with Crippen LogP contribution < -0.4 is 5.73 Å². The normalized spacial score (nSPS) is 12.6. The first-order valence-corrected chi connectivity index (χ1v) is 6.86. The van der Waals surface area contributed by atoms with Gasteiger partial charge in [0.2, 0.25) is 5.16 Å². The molecule has 0 saturated carbocycles. The van der Waals surface area contributed by atoms with E-state index < -0.39 is 0 Å². The van der Waals surface area contributed by atoms with Crippen LogP contribution in [0, 0.1) is 5.82 Å². The minimum atomic E-state index is -0.251. The number of rotatable bonds is 5. The third-order valence-electron chi connectivity index (χ3n) is 2.81. The van der Waals surface area contributed by atoms with Gasteiger partial charge < -0.3 is 5.73 Å². The monoisotopic (exact) mass is 281 g/mol. The quantitative estimate of drug-likeness (QED) is 0.904. The van der Waals surface area contributed by atoms with Crippen LogP contribution in [0.3, 0.4) is 0 Å². The molecule has 1 aromatic carbocycles. The molecule has 0 spiro atoms. The molecule has 1 atom stereocenters. The summed E-state index contributed by atoms with van der Waals surface area (Å²) in [5.41, 5.74) is 6.84. The van der Waals surface area contributed by atoms with Crippen molar-refractivity contribution in [3.63, 3.8) is 0 Å². The molecule has 0 aliphatic rings. The molecular weight excluding hydrogens is 265 g/mol. The molecule has 1 unspecified atom stereocenters. The zero-order valence-electron chi connectivity index (χ0n) is 10.9. The van der Waals surface area contributed by atoms with E-state index in [1.807, 2.05) is 6.92 Å². The fraction of sp³-hybridized carbons (Fsp3) is 0.417. The van der Waals surface area contributed by atoms with Gasteiger partial charge >= 0.3 is 0 Å². The first kappa shape index (κ1) is 14.0. The van der Waals surface area contributed by atoms with E-state index in [1.54, 1.807) is 17.8 Å². The molecule has 5 nitrogen and oxygen atoms in total. The Labute approximate surface area is 115 Å². The van der Waals surface area contributed by atoms with Crippen LogP contribution in [0.5, 0.6) is 0 Å². The largest absolute Gasteiger partial charge is 0.327 e. The van der Waals surface area contributed by atoms with E-state index in [0.717, 1.165) is 16.9 Å². The Hall–Kier alpha value is -1.47. The van der Waals surface area contributed by atoms with Crippen LogP contribution in [-0.2, 0) is 13.5 Å². The standard InChI is InChI=1S/C12H16FN5S/c1-3-10(14)7-8-6-9(13)4-5-11(8)19-12-15-16-17-18(12)2/h4-6,10H,3,7,14H2,1-2H3. The smallest absolute Gasteiger partial charge is 0.213 e. The molecule has 0 amide bonds. The van der Waals surface area contributed by atoms with Crippen molar-refractivity contribution in [3.05, 3.63) is 29.6 Å². The van der Waals surface area contributed by atoms with Crippen molar-refractivity contribution in [1.82, 2.24) is 20.2 Å². The topological polar surface area (TPSA) is 69.6 Å². The summed E-state index contributed by atoms with van der Waals surface area (Å²) in [5.74, 6) is -0.251. The van der Waals surface area contributed by atoms with Gasteiger partial charge in [-0.1, -0.05) is 6.92 Å². The number of hydrogen-bond donors (Lipinski definition) is 1. The summed E-state index contributed by atoms with van der Waals surface area (Å²) in [5, 5.41) is 11.9. The van der Waals surface area contributed by atoms with Gasteiger partial charge in [0, 0.05) is 18.0 Å². The zero-order valence-corrected chi connectivity index (χ0v) is 11.7. The molecule has 0 bridgehead atoms. The van der Waals surface area contributed by atoms with E-state index in [-0.39, 0.29) is 11.9 Å². The van der Waals surface area contributed by atoms with Crippen LogP contribution >= 0.6 is 11.8 Å². The van der Waals surface area contributed by atoms with Gasteiger partial charge in [-0.15, -0.1) is 5.10 Å². The maximum atomic E-state index is 13.4. The Morgan fingerprint density at radius 1 is 1.47 bits per heavy atom. The molecule has 0 aliphatic carbocycles. The summed E-state index contributed by atoms with van der Waals surface area (Å²) in [6.07, 6.45) is 1.49. The highest BCUT2D eigenvalue weighted by Gasteiger charge is 2.12. The number of halogens is 1. The third-order valence-corrected chi connectivity index (χ3v) is 3.96. The molecule has 2 N–H and O–H groups in total. The van der Waals surface area contributed by atoms with Crippen molar-refractivity contribution in [1.29, 1.82) is 0 Å². The molecule has 0 aliphatic heterocycles. The van der Waals surface area contributed by atoms with E-state index >= 15 is 0 Å². The molecule has 0 saturated heterocycles. The second-order valence-corrected chi connectivity index (χ2v) is 5.32. The fourth-order valence-electron chi connectivity index (χ4n) is 1.64. The number of aromatic nitrogens is 4. The van der Waals surface area contributed by atoms with Crippen molar-refractivity contribution >= 4 is 11.8 Å². The highest BCUT2D eigenvalue weighted by atomic mass is 32.2. The summed E-state index contributed by atoms with van der Waals surface area (Å²) in [7, 11) is 1.77. The van der Waals surface area contributed by atoms with Crippen LogP contribution in [0.1, 0.15) is 18.9 Å². The van der Waals surface area contributed by atoms with Gasteiger partial charge in [0.15, 0.2) is 0 Å². The number of aryl methyl sites for hydroxylation is 1. The number of nitrogens with two attached hydrogens (primary N) is 1. The second-order valence-electron chi connectivity index (χ2n) is 4.31. The Bertz CT molecular complexity index is 557. The second kappa shape index (κ2) is 6.12. The zero-order chi connectivity index (χ0) is 13.8. The summed E-state index contributed by atoms with van der Waals surface area (Å²) in [6, 6.07) is 4.74. The third kappa shape index (κ3) is 3.51. The molecule has 7 heteroatoms. The van der Waals surface area contributed by atoms with Crippen molar-refractivity contribution in [2.45, 2.75) is 35.9 Å². The minimum absolute atomic E-state index is 0.0266. The lowest BCUT2D eigenvalue weighted by Gasteiger charge is -2.12. The predicted octanol–water partition coefficient (Wildman–Crippen LogP) is 1.78. The van der Waals surface area contributed by atoms with Crippen LogP contribution in [0.4, 0.5) is 4.39 Å². The molecule has 19 heavy (non-hydrogen) atoms. The van der Waals surface area contributed by atoms with Gasteiger partial charge in [-0.05, 0) is 58.8 Å². The molecule has 102 valence electrons. The van der Waals surface area contributed by atoms with Crippen LogP contribution in [-0.4, -0.2) is 26.2 Å². The SMILES string of the molecule is CCC(N)Cc1cc(F)ccc1Sc1nnnn1C. The first-order chi connectivity index (χ1) is 9.10. The van der Waals surface area contributed by atoms with Crippen LogP contribution in [0.25, 0.3) is 0 Å². The number of benzene rings is 1. The summed E-state index contributed by atoms with van der Waals surface area (Å²) in [4.78, 5) is 0.934. The van der Waals surface area contributed by atoms with Crippen molar-refractivity contribution < 1.29 is 4.39 Å². The fourth-order valence-corrected chi connectivity index (χ4v) is 2.49. The van der Waals surface area contributed by atoms with E-state index in [4.69, 9.17) is 5.73 Å². The number of hydrogen-bond acceptors (Lipinski definition) is 5. The molecule has 1 aromatic heterocycles. The summed E-state index contributed by atoms with van der Waals surface area (Å²) in [6.45, 7) is 2.02. The van der Waals surface area contributed by atoms with Gasteiger partial charge in [-0.25, -0.2) is 9.07 Å². The maximum Gasteiger partial charge on any atom is 0.213 e. The summed E-state index contributed by atoms with van der Waals surface area (Å²) >= 11 is 1.41. The highest BCUT2D eigenvalue weighted by molar-refractivity contribution is 7.99. The molecule has 0 fully saturated rings. The average molecular weight is 281 g/mol. The predicted molar refractivity (Wildman–Crippen MR) is 71.3 cm³/mol. The Balaban J connectivity index is 2.26. The lowest BCUT2D eigenvalue weighted by molar-refractivity contribution is 0.609. The molecular formula is C12H16FN5S. The van der Waals surface area contributed by atoms with Gasteiger partial charge in [-0.3, -0.25) is 0 Å². The van der Waals surface area contributed by atoms with E-state index in [9.17, 15) is 4.39 Å². The van der Waals surface area contributed by atoms with Crippen LogP contribution in [0.2, 0.25) is 0 Å². The molecule has 0 radical (unpaired) electrons. The van der Waals surface area contributed by atoms with Gasteiger partial charge in [0.25, 0.3) is 0 Å². The van der Waals surface area contributed by atoms with Gasteiger partial charge in [0.05, 0.1) is 0 Å². The van der Waals surface area contributed by atoms with E-state index in [0.29, 0.717) is 11.6 Å². The van der Waals surface area contributed by atoms with Crippen molar-refractivity contribution in [3.8, 4) is 0 Å². The minimum Gasteiger partial charge on any atom is -0.327 e. The van der Waals surface area contributed by atoms with E-state index in [2.05, 4.69) is 15.5 Å². The molecule has 1 heterocycles. The number of nitrogens with zero attached hydrogens (tertiary/aromatic N) is 4. The molecule has 2 aromatic rings. The lowest BCUT2D eigenvalue weighted by Crippen LogP contribution is -2.21. The van der Waals surface area contributed by atoms with E-state index in [1.165, 1.54) is 23.9 Å².